The number of benzene rings is 1. The average molecular weight is 263 g/mol. The third-order valence-corrected chi connectivity index (χ3v) is 3.11. The van der Waals surface area contributed by atoms with Crippen LogP contribution in [0.2, 0.25) is 0 Å². The highest BCUT2D eigenvalue weighted by molar-refractivity contribution is 7.14. The fraction of sp³-hybridized carbons (Fsp3) is 0.167. The molecule has 0 aliphatic rings. The Morgan fingerprint density at radius 3 is 2.67 bits per heavy atom. The second kappa shape index (κ2) is 5.16. The zero-order valence-electron chi connectivity index (χ0n) is 9.75. The number of phenolic OH excluding ortho intramolecular Hbond substituents is 1. The maximum absolute atomic E-state index is 11.8. The molecule has 1 aromatic carbocycles. The lowest BCUT2D eigenvalue weighted by Gasteiger charge is -2.02. The van der Waals surface area contributed by atoms with Gasteiger partial charge in [0.1, 0.15) is 5.75 Å². The maximum Gasteiger partial charge on any atom is 0.257 e. The molecule has 0 fully saturated rings. The lowest BCUT2D eigenvalue weighted by Crippen LogP contribution is -2.12. The smallest absolute Gasteiger partial charge is 0.257 e. The Bertz CT molecular complexity index is 549. The zero-order chi connectivity index (χ0) is 13.1. The summed E-state index contributed by atoms with van der Waals surface area (Å²) in [6.45, 7) is 1.83. The number of rotatable bonds is 3. The van der Waals surface area contributed by atoms with Gasteiger partial charge in [-0.25, -0.2) is 4.98 Å². The minimum absolute atomic E-state index is 0.125. The molecule has 0 bridgehead atoms. The fourth-order valence-electron chi connectivity index (χ4n) is 1.33. The van der Waals surface area contributed by atoms with Gasteiger partial charge in [-0.3, -0.25) is 10.1 Å². The Labute approximate surface area is 108 Å². The van der Waals surface area contributed by atoms with Crippen molar-refractivity contribution in [3.63, 3.8) is 0 Å². The first-order valence-corrected chi connectivity index (χ1v) is 6.25. The van der Waals surface area contributed by atoms with Crippen LogP contribution in [0.1, 0.15) is 29.0 Å². The van der Waals surface area contributed by atoms with Crippen molar-refractivity contribution in [2.75, 3.05) is 5.32 Å². The van der Waals surface area contributed by atoms with E-state index in [2.05, 4.69) is 10.3 Å². The number of anilines is 1. The number of aromatic hydroxyl groups is 1. The van der Waals surface area contributed by atoms with Crippen LogP contribution >= 0.6 is 11.3 Å². The van der Waals surface area contributed by atoms with Gasteiger partial charge in [-0.2, -0.15) is 0 Å². The van der Waals surface area contributed by atoms with Gasteiger partial charge in [-0.15, -0.1) is 11.3 Å². The van der Waals surface area contributed by atoms with Crippen molar-refractivity contribution in [1.82, 2.24) is 4.98 Å². The van der Waals surface area contributed by atoms with Crippen LogP contribution in [0.25, 0.3) is 0 Å². The van der Waals surface area contributed by atoms with E-state index in [9.17, 15) is 4.79 Å². The first-order chi connectivity index (χ1) is 8.56. The summed E-state index contributed by atoms with van der Waals surface area (Å²) in [5.74, 6) is -0.138. The second-order valence-electron chi connectivity index (χ2n) is 3.87. The Morgan fingerprint density at radius 1 is 1.44 bits per heavy atom. The Morgan fingerprint density at radius 2 is 2.11 bits per heavy atom. The van der Waals surface area contributed by atoms with Crippen LogP contribution in [-0.4, -0.2) is 16.0 Å². The first kappa shape index (κ1) is 12.5. The normalized spacial score (nSPS) is 12.1. The number of carbonyl (C=O) groups is 1. The van der Waals surface area contributed by atoms with Gasteiger partial charge < -0.3 is 10.8 Å². The number of aromatic nitrogens is 1. The van der Waals surface area contributed by atoms with Crippen molar-refractivity contribution in [3.8, 4) is 5.75 Å². The zero-order valence-corrected chi connectivity index (χ0v) is 10.6. The maximum atomic E-state index is 11.8. The number of amides is 1. The molecule has 0 aliphatic carbocycles. The van der Waals surface area contributed by atoms with Crippen LogP contribution < -0.4 is 11.1 Å². The number of hydrogen-bond donors (Lipinski definition) is 3. The van der Waals surface area contributed by atoms with Crippen molar-refractivity contribution >= 4 is 22.4 Å². The monoisotopic (exact) mass is 263 g/mol. The third-order valence-electron chi connectivity index (χ3n) is 2.34. The fourth-order valence-corrected chi connectivity index (χ4v) is 2.14. The summed E-state index contributed by atoms with van der Waals surface area (Å²) in [5, 5.41) is 14.2. The van der Waals surface area contributed by atoms with E-state index in [0.717, 1.165) is 5.69 Å². The summed E-state index contributed by atoms with van der Waals surface area (Å²) in [6, 6.07) is 5.87. The summed E-state index contributed by atoms with van der Waals surface area (Å²) < 4.78 is 0. The Hall–Kier alpha value is -1.92. The molecule has 2 aromatic rings. The van der Waals surface area contributed by atoms with Crippen LogP contribution in [0.15, 0.2) is 29.6 Å². The molecular weight excluding hydrogens is 250 g/mol. The molecule has 1 amide bonds. The molecule has 5 nitrogen and oxygen atoms in total. The molecule has 1 heterocycles. The van der Waals surface area contributed by atoms with E-state index in [1.807, 2.05) is 12.3 Å². The van der Waals surface area contributed by atoms with Crippen LogP contribution in [0.5, 0.6) is 5.75 Å². The molecule has 0 radical (unpaired) electrons. The minimum Gasteiger partial charge on any atom is -0.508 e. The SMILES string of the molecule is CC(N)c1csc(NC(=O)c2ccc(O)cc2)n1. The number of thiazole rings is 1. The molecule has 18 heavy (non-hydrogen) atoms. The van der Waals surface area contributed by atoms with Gasteiger partial charge in [0, 0.05) is 17.0 Å². The highest BCUT2D eigenvalue weighted by Gasteiger charge is 2.10. The Kier molecular flexibility index (Phi) is 3.59. The molecular formula is C12H13N3O2S. The largest absolute Gasteiger partial charge is 0.508 e. The number of phenols is 1. The summed E-state index contributed by atoms with van der Waals surface area (Å²) in [5.41, 5.74) is 6.90. The van der Waals surface area contributed by atoms with Gasteiger partial charge in [0.05, 0.1) is 5.69 Å². The van der Waals surface area contributed by atoms with Gasteiger partial charge in [0.25, 0.3) is 5.91 Å². The first-order valence-electron chi connectivity index (χ1n) is 5.37. The van der Waals surface area contributed by atoms with Crippen LogP contribution in [-0.2, 0) is 0 Å². The van der Waals surface area contributed by atoms with Crippen molar-refractivity contribution in [3.05, 3.63) is 40.9 Å². The number of hydrogen-bond acceptors (Lipinski definition) is 5. The molecule has 0 spiro atoms. The topological polar surface area (TPSA) is 88.2 Å². The van der Waals surface area contributed by atoms with E-state index >= 15 is 0 Å². The van der Waals surface area contributed by atoms with Crippen LogP contribution in [0, 0.1) is 0 Å². The molecule has 1 atom stereocenters. The summed E-state index contributed by atoms with van der Waals surface area (Å²) in [4.78, 5) is 16.1. The standard InChI is InChI=1S/C12H13N3O2S/c1-7(13)10-6-18-12(14-10)15-11(17)8-2-4-9(16)5-3-8/h2-7,16H,13H2,1H3,(H,14,15,17). The summed E-state index contributed by atoms with van der Waals surface area (Å²) >= 11 is 1.33. The van der Waals surface area contributed by atoms with Crippen molar-refractivity contribution in [1.29, 1.82) is 0 Å². The molecule has 1 aromatic heterocycles. The molecule has 0 saturated carbocycles. The highest BCUT2D eigenvalue weighted by atomic mass is 32.1. The molecule has 0 saturated heterocycles. The lowest BCUT2D eigenvalue weighted by molar-refractivity contribution is 0.102. The third kappa shape index (κ3) is 2.85. The van der Waals surface area contributed by atoms with E-state index in [1.54, 1.807) is 12.1 Å². The van der Waals surface area contributed by atoms with Gasteiger partial charge in [-0.1, -0.05) is 0 Å². The van der Waals surface area contributed by atoms with E-state index < -0.39 is 0 Å². The minimum atomic E-state index is -0.263. The van der Waals surface area contributed by atoms with E-state index in [4.69, 9.17) is 10.8 Å². The molecule has 2 rings (SSSR count). The lowest BCUT2D eigenvalue weighted by atomic mass is 10.2. The molecule has 1 unspecified atom stereocenters. The van der Waals surface area contributed by atoms with Crippen molar-refractivity contribution in [2.24, 2.45) is 5.73 Å². The van der Waals surface area contributed by atoms with Gasteiger partial charge >= 0.3 is 0 Å². The van der Waals surface area contributed by atoms with E-state index in [1.165, 1.54) is 23.5 Å². The predicted octanol–water partition coefficient (Wildman–Crippen LogP) is 2.12. The number of nitrogens with two attached hydrogens (primary N) is 1. The molecule has 94 valence electrons. The van der Waals surface area contributed by atoms with Gasteiger partial charge in [-0.05, 0) is 31.2 Å². The van der Waals surface area contributed by atoms with Gasteiger partial charge in [0.15, 0.2) is 5.13 Å². The van der Waals surface area contributed by atoms with Crippen molar-refractivity contribution in [2.45, 2.75) is 13.0 Å². The molecule has 6 heteroatoms. The van der Waals surface area contributed by atoms with Crippen molar-refractivity contribution < 1.29 is 9.90 Å². The molecule has 4 N–H and O–H groups in total. The number of carbonyl (C=O) groups excluding carboxylic acids is 1. The summed E-state index contributed by atoms with van der Waals surface area (Å²) in [7, 11) is 0. The highest BCUT2D eigenvalue weighted by Crippen LogP contribution is 2.20. The van der Waals surface area contributed by atoms with Gasteiger partial charge in [0.2, 0.25) is 0 Å². The van der Waals surface area contributed by atoms with E-state index in [-0.39, 0.29) is 17.7 Å². The number of nitrogens with one attached hydrogen (secondary N) is 1. The van der Waals surface area contributed by atoms with Crippen LogP contribution in [0.4, 0.5) is 5.13 Å². The molecule has 0 aliphatic heterocycles. The van der Waals surface area contributed by atoms with E-state index in [0.29, 0.717) is 10.7 Å². The predicted molar refractivity (Wildman–Crippen MR) is 70.8 cm³/mol. The second-order valence-corrected chi connectivity index (χ2v) is 4.73. The average Bonchev–Trinajstić information content (AvgIpc) is 2.78. The number of nitrogens with zero attached hydrogens (tertiary/aromatic N) is 1. The van der Waals surface area contributed by atoms with Crippen LogP contribution in [0.3, 0.4) is 0 Å². The quantitative estimate of drug-likeness (QED) is 0.791. The summed E-state index contributed by atoms with van der Waals surface area (Å²) in [6.07, 6.45) is 0. The Balaban J connectivity index is 2.08.